The molecule has 5 nitrogen and oxygen atoms in total. The van der Waals surface area contributed by atoms with Crippen molar-refractivity contribution in [3.05, 3.63) is 82.4 Å². The van der Waals surface area contributed by atoms with Crippen molar-refractivity contribution in [1.82, 2.24) is 0 Å². The molecule has 0 aliphatic carbocycles. The zero-order chi connectivity index (χ0) is 22.2. The predicted octanol–water partition coefficient (Wildman–Crippen LogP) is 6.28. The maximum Gasteiger partial charge on any atom is 0.255 e. The molecule has 0 aliphatic rings. The SMILES string of the molecule is CCOc1ccc(NC(=O)c2cc(Cl)c(OCc3ccc(C)cc3)c(OCC)c2)cc1. The van der Waals surface area contributed by atoms with E-state index in [1.807, 2.05) is 45.0 Å². The first-order chi connectivity index (χ1) is 15.0. The molecule has 0 aromatic heterocycles. The van der Waals surface area contributed by atoms with Gasteiger partial charge in [0.1, 0.15) is 12.4 Å². The molecule has 0 spiro atoms. The van der Waals surface area contributed by atoms with Crippen molar-refractivity contribution in [1.29, 1.82) is 0 Å². The summed E-state index contributed by atoms with van der Waals surface area (Å²) in [7, 11) is 0. The zero-order valence-corrected chi connectivity index (χ0v) is 18.7. The molecule has 6 heteroatoms. The van der Waals surface area contributed by atoms with Crippen molar-refractivity contribution >= 4 is 23.2 Å². The number of hydrogen-bond donors (Lipinski definition) is 1. The van der Waals surface area contributed by atoms with Crippen LogP contribution in [0, 0.1) is 6.92 Å². The van der Waals surface area contributed by atoms with Gasteiger partial charge in [0.2, 0.25) is 0 Å². The first-order valence-corrected chi connectivity index (χ1v) is 10.6. The summed E-state index contributed by atoms with van der Waals surface area (Å²) in [6.45, 7) is 7.17. The van der Waals surface area contributed by atoms with Crippen LogP contribution in [-0.2, 0) is 6.61 Å². The van der Waals surface area contributed by atoms with Gasteiger partial charge >= 0.3 is 0 Å². The molecule has 0 heterocycles. The molecule has 0 saturated carbocycles. The third-order valence-corrected chi connectivity index (χ3v) is 4.78. The zero-order valence-electron chi connectivity index (χ0n) is 17.9. The Hall–Kier alpha value is -3.18. The summed E-state index contributed by atoms with van der Waals surface area (Å²) in [5.41, 5.74) is 3.23. The number of ether oxygens (including phenoxy) is 3. The highest BCUT2D eigenvalue weighted by Crippen LogP contribution is 2.37. The van der Waals surface area contributed by atoms with Gasteiger partial charge in [0.15, 0.2) is 11.5 Å². The van der Waals surface area contributed by atoms with E-state index in [4.69, 9.17) is 25.8 Å². The van der Waals surface area contributed by atoms with Gasteiger partial charge in [-0.2, -0.15) is 0 Å². The molecule has 0 unspecified atom stereocenters. The number of anilines is 1. The Morgan fingerprint density at radius 1 is 0.903 bits per heavy atom. The Morgan fingerprint density at radius 3 is 2.23 bits per heavy atom. The van der Waals surface area contributed by atoms with Crippen molar-refractivity contribution in [2.45, 2.75) is 27.4 Å². The molecular formula is C25H26ClNO4. The lowest BCUT2D eigenvalue weighted by Gasteiger charge is -2.15. The van der Waals surface area contributed by atoms with Crippen LogP contribution >= 0.6 is 11.6 Å². The van der Waals surface area contributed by atoms with E-state index in [0.29, 0.717) is 47.6 Å². The third-order valence-electron chi connectivity index (χ3n) is 4.50. The lowest BCUT2D eigenvalue weighted by atomic mass is 10.1. The fourth-order valence-corrected chi connectivity index (χ4v) is 3.21. The van der Waals surface area contributed by atoms with E-state index >= 15 is 0 Å². The fraction of sp³-hybridized carbons (Fsp3) is 0.240. The Balaban J connectivity index is 1.76. The number of nitrogens with one attached hydrogen (secondary N) is 1. The molecule has 31 heavy (non-hydrogen) atoms. The lowest BCUT2D eigenvalue weighted by molar-refractivity contribution is 0.102. The van der Waals surface area contributed by atoms with E-state index in [1.54, 1.807) is 36.4 Å². The molecule has 3 aromatic rings. The second-order valence-electron chi connectivity index (χ2n) is 6.90. The minimum absolute atomic E-state index is 0.294. The van der Waals surface area contributed by atoms with Gasteiger partial charge in [-0.3, -0.25) is 4.79 Å². The molecule has 0 atom stereocenters. The van der Waals surface area contributed by atoms with E-state index in [-0.39, 0.29) is 5.91 Å². The minimum Gasteiger partial charge on any atom is -0.494 e. The van der Waals surface area contributed by atoms with Crippen molar-refractivity contribution < 1.29 is 19.0 Å². The fourth-order valence-electron chi connectivity index (χ4n) is 2.95. The maximum atomic E-state index is 12.8. The lowest BCUT2D eigenvalue weighted by Crippen LogP contribution is -2.12. The van der Waals surface area contributed by atoms with Crippen LogP contribution < -0.4 is 19.5 Å². The normalized spacial score (nSPS) is 10.5. The van der Waals surface area contributed by atoms with Crippen molar-refractivity contribution in [2.24, 2.45) is 0 Å². The van der Waals surface area contributed by atoms with Crippen LogP contribution in [-0.4, -0.2) is 19.1 Å². The van der Waals surface area contributed by atoms with Crippen molar-refractivity contribution in [3.63, 3.8) is 0 Å². The largest absolute Gasteiger partial charge is 0.494 e. The van der Waals surface area contributed by atoms with Crippen LogP contribution in [0.3, 0.4) is 0 Å². The number of hydrogen-bond acceptors (Lipinski definition) is 4. The highest BCUT2D eigenvalue weighted by Gasteiger charge is 2.17. The van der Waals surface area contributed by atoms with Crippen LogP contribution in [0.2, 0.25) is 5.02 Å². The number of carbonyl (C=O) groups excluding carboxylic acids is 1. The molecule has 162 valence electrons. The Kier molecular flexibility index (Phi) is 7.79. The van der Waals surface area contributed by atoms with Gasteiger partial charge < -0.3 is 19.5 Å². The Bertz CT molecular complexity index is 1020. The van der Waals surface area contributed by atoms with Gasteiger partial charge in [0.05, 0.1) is 18.2 Å². The molecular weight excluding hydrogens is 414 g/mol. The van der Waals surface area contributed by atoms with E-state index < -0.39 is 0 Å². The number of aryl methyl sites for hydroxylation is 1. The topological polar surface area (TPSA) is 56.8 Å². The molecule has 0 fully saturated rings. The molecule has 0 radical (unpaired) electrons. The Labute approximate surface area is 187 Å². The second kappa shape index (κ2) is 10.7. The Morgan fingerprint density at radius 2 is 1.58 bits per heavy atom. The van der Waals surface area contributed by atoms with Gasteiger partial charge in [0.25, 0.3) is 5.91 Å². The van der Waals surface area contributed by atoms with Crippen molar-refractivity contribution in [2.75, 3.05) is 18.5 Å². The third kappa shape index (κ3) is 6.15. The smallest absolute Gasteiger partial charge is 0.255 e. The summed E-state index contributed by atoms with van der Waals surface area (Å²) < 4.78 is 17.1. The summed E-state index contributed by atoms with van der Waals surface area (Å²) in [6, 6.07) is 18.5. The van der Waals surface area contributed by atoms with Gasteiger partial charge in [-0.15, -0.1) is 0 Å². The first kappa shape index (κ1) is 22.5. The number of benzene rings is 3. The molecule has 1 N–H and O–H groups in total. The van der Waals surface area contributed by atoms with Gasteiger partial charge in [-0.1, -0.05) is 41.4 Å². The van der Waals surface area contributed by atoms with E-state index in [9.17, 15) is 4.79 Å². The second-order valence-corrected chi connectivity index (χ2v) is 7.31. The molecule has 3 aromatic carbocycles. The summed E-state index contributed by atoms with van der Waals surface area (Å²) in [5.74, 6) is 1.30. The monoisotopic (exact) mass is 439 g/mol. The number of halogens is 1. The van der Waals surface area contributed by atoms with Crippen molar-refractivity contribution in [3.8, 4) is 17.2 Å². The van der Waals surface area contributed by atoms with Crippen LogP contribution in [0.15, 0.2) is 60.7 Å². The molecule has 1 amide bonds. The highest BCUT2D eigenvalue weighted by molar-refractivity contribution is 6.32. The van der Waals surface area contributed by atoms with Crippen LogP contribution in [0.4, 0.5) is 5.69 Å². The summed E-state index contributed by atoms with van der Waals surface area (Å²) >= 11 is 6.46. The van der Waals surface area contributed by atoms with Crippen LogP contribution in [0.1, 0.15) is 35.3 Å². The summed E-state index contributed by atoms with van der Waals surface area (Å²) in [4.78, 5) is 12.8. The van der Waals surface area contributed by atoms with E-state index in [1.165, 1.54) is 5.56 Å². The number of carbonyl (C=O) groups is 1. The average Bonchev–Trinajstić information content (AvgIpc) is 2.76. The highest BCUT2D eigenvalue weighted by atomic mass is 35.5. The average molecular weight is 440 g/mol. The standard InChI is InChI=1S/C25H26ClNO4/c1-4-29-21-12-10-20(11-13-21)27-25(28)19-14-22(26)24(23(15-19)30-5-2)31-16-18-8-6-17(3)7-9-18/h6-15H,4-5,16H2,1-3H3,(H,27,28). The number of amides is 1. The molecule has 0 aliphatic heterocycles. The minimum atomic E-state index is -0.294. The molecule has 3 rings (SSSR count). The molecule has 0 bridgehead atoms. The summed E-state index contributed by atoms with van der Waals surface area (Å²) in [5, 5.41) is 3.17. The summed E-state index contributed by atoms with van der Waals surface area (Å²) in [6.07, 6.45) is 0. The first-order valence-electron chi connectivity index (χ1n) is 10.2. The maximum absolute atomic E-state index is 12.8. The van der Waals surface area contributed by atoms with Crippen LogP contribution in [0.25, 0.3) is 0 Å². The van der Waals surface area contributed by atoms with Gasteiger partial charge in [-0.05, 0) is 62.7 Å². The van der Waals surface area contributed by atoms with E-state index in [0.717, 1.165) is 11.3 Å². The van der Waals surface area contributed by atoms with E-state index in [2.05, 4.69) is 5.32 Å². The quantitative estimate of drug-likeness (QED) is 0.426. The molecule has 0 saturated heterocycles. The van der Waals surface area contributed by atoms with Gasteiger partial charge in [0, 0.05) is 11.3 Å². The predicted molar refractivity (Wildman–Crippen MR) is 124 cm³/mol. The number of rotatable bonds is 9. The van der Waals surface area contributed by atoms with Crippen LogP contribution in [0.5, 0.6) is 17.2 Å². The van der Waals surface area contributed by atoms with Gasteiger partial charge in [-0.25, -0.2) is 0 Å².